The van der Waals surface area contributed by atoms with Gasteiger partial charge >= 0.3 is 0 Å². The summed E-state index contributed by atoms with van der Waals surface area (Å²) in [5, 5.41) is 3.80. The van der Waals surface area contributed by atoms with Crippen molar-refractivity contribution >= 4 is 46.2 Å². The van der Waals surface area contributed by atoms with Crippen LogP contribution in [0.1, 0.15) is 5.56 Å². The lowest BCUT2D eigenvalue weighted by atomic mass is 10.2. The zero-order chi connectivity index (χ0) is 14.7. The number of benzene rings is 1. The number of carbonyl (C=O) groups excluding carboxylic acids is 1. The molecule has 0 unspecified atom stereocenters. The number of aliphatic imine (C=N–C) groups is 1. The highest BCUT2D eigenvalue weighted by molar-refractivity contribution is 8.18. The molecule has 2 heterocycles. The van der Waals surface area contributed by atoms with E-state index in [0.717, 1.165) is 5.56 Å². The summed E-state index contributed by atoms with van der Waals surface area (Å²) in [5.41, 5.74) is 1.55. The van der Waals surface area contributed by atoms with E-state index in [1.807, 2.05) is 24.3 Å². The van der Waals surface area contributed by atoms with E-state index < -0.39 is 0 Å². The molecule has 1 N–H and O–H groups in total. The van der Waals surface area contributed by atoms with Gasteiger partial charge in [0.05, 0.1) is 15.6 Å². The van der Waals surface area contributed by atoms with Crippen LogP contribution in [0.15, 0.2) is 58.7 Å². The molecule has 1 aliphatic heterocycles. The maximum absolute atomic E-state index is 11.9. The molecule has 2 aromatic rings. The van der Waals surface area contributed by atoms with E-state index in [2.05, 4.69) is 15.3 Å². The first-order valence-corrected chi connectivity index (χ1v) is 7.36. The minimum Gasteiger partial charge on any atom is -0.300 e. The molecule has 1 saturated heterocycles. The van der Waals surface area contributed by atoms with Crippen LogP contribution >= 0.6 is 23.4 Å². The number of hydrogen-bond acceptors (Lipinski definition) is 4. The molecular formula is C15H10ClN3OS. The fraction of sp³-hybridized carbons (Fsp3) is 0. The normalized spacial score (nSPS) is 18.2. The number of aromatic nitrogens is 1. The van der Waals surface area contributed by atoms with Gasteiger partial charge < -0.3 is 5.32 Å². The van der Waals surface area contributed by atoms with Gasteiger partial charge in [0.2, 0.25) is 0 Å². The number of hydrogen-bond donors (Lipinski definition) is 1. The van der Waals surface area contributed by atoms with Gasteiger partial charge in [-0.15, -0.1) is 0 Å². The SMILES string of the molecule is O=C1NC(=Nc2ccccc2Cl)S/C1=C/c1ccncc1. The van der Waals surface area contributed by atoms with Crippen molar-refractivity contribution in [3.63, 3.8) is 0 Å². The first-order valence-electron chi connectivity index (χ1n) is 6.16. The topological polar surface area (TPSA) is 54.4 Å². The van der Waals surface area contributed by atoms with Gasteiger partial charge in [-0.3, -0.25) is 9.78 Å². The molecule has 0 saturated carbocycles. The van der Waals surface area contributed by atoms with Gasteiger partial charge in [0, 0.05) is 12.4 Å². The lowest BCUT2D eigenvalue weighted by molar-refractivity contribution is -0.115. The van der Waals surface area contributed by atoms with Crippen molar-refractivity contribution in [2.45, 2.75) is 0 Å². The van der Waals surface area contributed by atoms with Crippen molar-refractivity contribution in [3.8, 4) is 0 Å². The van der Waals surface area contributed by atoms with E-state index in [-0.39, 0.29) is 5.91 Å². The summed E-state index contributed by atoms with van der Waals surface area (Å²) >= 11 is 7.34. The molecule has 0 spiro atoms. The number of amides is 1. The Balaban J connectivity index is 1.85. The minimum absolute atomic E-state index is 0.164. The molecule has 4 nitrogen and oxygen atoms in total. The molecule has 1 amide bonds. The maximum Gasteiger partial charge on any atom is 0.264 e. The second-order valence-corrected chi connectivity index (χ2v) is 5.65. The molecule has 1 aromatic carbocycles. The smallest absolute Gasteiger partial charge is 0.264 e. The van der Waals surface area contributed by atoms with Gasteiger partial charge in [-0.25, -0.2) is 4.99 Å². The summed E-state index contributed by atoms with van der Waals surface area (Å²) in [6.45, 7) is 0. The molecule has 1 fully saturated rings. The Labute approximate surface area is 131 Å². The van der Waals surface area contributed by atoms with Crippen LogP contribution < -0.4 is 5.32 Å². The number of amidine groups is 1. The molecule has 0 atom stereocenters. The number of carbonyl (C=O) groups is 1. The van der Waals surface area contributed by atoms with Crippen LogP contribution in [0.5, 0.6) is 0 Å². The van der Waals surface area contributed by atoms with Crippen LogP contribution in [0.25, 0.3) is 6.08 Å². The fourth-order valence-electron chi connectivity index (χ4n) is 1.74. The molecule has 104 valence electrons. The summed E-state index contributed by atoms with van der Waals surface area (Å²) < 4.78 is 0. The lowest BCUT2D eigenvalue weighted by Crippen LogP contribution is -2.19. The average Bonchev–Trinajstić information content (AvgIpc) is 2.82. The Kier molecular flexibility index (Phi) is 4.03. The Morgan fingerprint density at radius 3 is 2.71 bits per heavy atom. The lowest BCUT2D eigenvalue weighted by Gasteiger charge is -1.98. The van der Waals surface area contributed by atoms with E-state index >= 15 is 0 Å². The summed E-state index contributed by atoms with van der Waals surface area (Å²) in [6.07, 6.45) is 5.17. The summed E-state index contributed by atoms with van der Waals surface area (Å²) in [5.74, 6) is -0.164. The summed E-state index contributed by atoms with van der Waals surface area (Å²) in [6, 6.07) is 10.9. The third-order valence-corrected chi connectivity index (χ3v) is 3.96. The first-order chi connectivity index (χ1) is 10.2. The highest BCUT2D eigenvalue weighted by Gasteiger charge is 2.23. The Bertz CT molecular complexity index is 744. The van der Waals surface area contributed by atoms with E-state index in [0.29, 0.717) is 20.8 Å². The van der Waals surface area contributed by atoms with Crippen molar-refractivity contribution in [2.24, 2.45) is 4.99 Å². The van der Waals surface area contributed by atoms with Gasteiger partial charge in [0.1, 0.15) is 0 Å². The zero-order valence-corrected chi connectivity index (χ0v) is 12.4. The molecular weight excluding hydrogens is 306 g/mol. The van der Waals surface area contributed by atoms with Crippen LogP contribution in [0.3, 0.4) is 0 Å². The Morgan fingerprint density at radius 1 is 1.19 bits per heavy atom. The first kappa shape index (κ1) is 13.9. The fourth-order valence-corrected chi connectivity index (χ4v) is 2.76. The van der Waals surface area contributed by atoms with Crippen LogP contribution in [0.4, 0.5) is 5.69 Å². The van der Waals surface area contributed by atoms with Crippen molar-refractivity contribution in [1.29, 1.82) is 0 Å². The largest absolute Gasteiger partial charge is 0.300 e. The third kappa shape index (κ3) is 3.32. The van der Waals surface area contributed by atoms with Crippen molar-refractivity contribution in [1.82, 2.24) is 10.3 Å². The van der Waals surface area contributed by atoms with Crippen molar-refractivity contribution in [2.75, 3.05) is 0 Å². The number of nitrogens with one attached hydrogen (secondary N) is 1. The monoisotopic (exact) mass is 315 g/mol. The average molecular weight is 316 g/mol. The van der Waals surface area contributed by atoms with Crippen LogP contribution in [0, 0.1) is 0 Å². The quantitative estimate of drug-likeness (QED) is 0.861. The van der Waals surface area contributed by atoms with E-state index in [1.165, 1.54) is 11.8 Å². The number of thioether (sulfide) groups is 1. The molecule has 6 heteroatoms. The molecule has 0 aliphatic carbocycles. The second kappa shape index (κ2) is 6.11. The van der Waals surface area contributed by atoms with Gasteiger partial charge in [-0.2, -0.15) is 0 Å². The highest BCUT2D eigenvalue weighted by atomic mass is 35.5. The minimum atomic E-state index is -0.164. The maximum atomic E-state index is 11.9. The predicted molar refractivity (Wildman–Crippen MR) is 86.5 cm³/mol. The van der Waals surface area contributed by atoms with Crippen LogP contribution in [0.2, 0.25) is 5.02 Å². The third-order valence-electron chi connectivity index (χ3n) is 2.73. The Hall–Kier alpha value is -2.11. The molecule has 0 bridgehead atoms. The zero-order valence-electron chi connectivity index (χ0n) is 10.8. The van der Waals surface area contributed by atoms with E-state index in [1.54, 1.807) is 30.6 Å². The Morgan fingerprint density at radius 2 is 1.95 bits per heavy atom. The second-order valence-electron chi connectivity index (χ2n) is 4.21. The molecule has 0 radical (unpaired) electrons. The van der Waals surface area contributed by atoms with E-state index in [4.69, 9.17) is 11.6 Å². The molecule has 21 heavy (non-hydrogen) atoms. The summed E-state index contributed by atoms with van der Waals surface area (Å²) in [7, 11) is 0. The van der Waals surface area contributed by atoms with Crippen LogP contribution in [-0.2, 0) is 4.79 Å². The molecule has 3 rings (SSSR count). The number of rotatable bonds is 2. The molecule has 1 aromatic heterocycles. The predicted octanol–water partition coefficient (Wildman–Crippen LogP) is 3.63. The van der Waals surface area contributed by atoms with Gasteiger partial charge in [0.15, 0.2) is 5.17 Å². The van der Waals surface area contributed by atoms with Crippen molar-refractivity contribution < 1.29 is 4.79 Å². The number of halogens is 1. The van der Waals surface area contributed by atoms with Crippen molar-refractivity contribution in [3.05, 3.63) is 64.3 Å². The van der Waals surface area contributed by atoms with Gasteiger partial charge in [-0.05, 0) is 47.7 Å². The molecule has 1 aliphatic rings. The standard InChI is InChI=1S/C15H10ClN3OS/c16-11-3-1-2-4-12(11)18-15-19-14(20)13(21-15)9-10-5-7-17-8-6-10/h1-9H,(H,18,19,20)/b13-9+. The number of para-hydroxylation sites is 1. The van der Waals surface area contributed by atoms with Gasteiger partial charge in [0.25, 0.3) is 5.91 Å². The highest BCUT2D eigenvalue weighted by Crippen LogP contribution is 2.30. The van der Waals surface area contributed by atoms with E-state index in [9.17, 15) is 4.79 Å². The number of pyridine rings is 1. The number of nitrogens with zero attached hydrogens (tertiary/aromatic N) is 2. The van der Waals surface area contributed by atoms with Crippen LogP contribution in [-0.4, -0.2) is 16.1 Å². The summed E-state index contributed by atoms with van der Waals surface area (Å²) in [4.78, 5) is 20.8. The van der Waals surface area contributed by atoms with Gasteiger partial charge in [-0.1, -0.05) is 23.7 Å².